The normalized spacial score (nSPS) is 20.8. The SMILES string of the molecule is O[C@@H]1CCCN(Cn2nc(-c3ccco3)oc2=S)C1. The summed E-state index contributed by atoms with van der Waals surface area (Å²) in [6.07, 6.45) is 3.14. The van der Waals surface area contributed by atoms with Crippen molar-refractivity contribution in [3.05, 3.63) is 23.2 Å². The highest BCUT2D eigenvalue weighted by Gasteiger charge is 2.19. The predicted molar refractivity (Wildman–Crippen MR) is 69.8 cm³/mol. The van der Waals surface area contributed by atoms with Crippen molar-refractivity contribution in [3.63, 3.8) is 0 Å². The van der Waals surface area contributed by atoms with Crippen LogP contribution in [0.2, 0.25) is 0 Å². The fraction of sp³-hybridized carbons (Fsp3) is 0.500. The summed E-state index contributed by atoms with van der Waals surface area (Å²) in [5, 5.41) is 13.9. The molecule has 0 unspecified atom stereocenters. The number of aromatic nitrogens is 2. The van der Waals surface area contributed by atoms with Crippen LogP contribution < -0.4 is 0 Å². The average Bonchev–Trinajstić information content (AvgIpc) is 3.00. The predicted octanol–water partition coefficient (Wildman–Crippen LogP) is 1.88. The Bertz CT molecular complexity index is 590. The molecule has 0 aromatic carbocycles. The van der Waals surface area contributed by atoms with Crippen LogP contribution in [0, 0.1) is 4.84 Å². The minimum absolute atomic E-state index is 0.264. The fourth-order valence-electron chi connectivity index (χ4n) is 2.24. The van der Waals surface area contributed by atoms with Crippen molar-refractivity contribution in [2.75, 3.05) is 13.1 Å². The third kappa shape index (κ3) is 2.78. The van der Waals surface area contributed by atoms with E-state index in [0.29, 0.717) is 29.7 Å². The summed E-state index contributed by atoms with van der Waals surface area (Å²) in [5.41, 5.74) is 0. The molecule has 0 aliphatic carbocycles. The number of hydrogen-bond acceptors (Lipinski definition) is 6. The van der Waals surface area contributed by atoms with Gasteiger partial charge in [0.05, 0.1) is 19.0 Å². The summed E-state index contributed by atoms with van der Waals surface area (Å²) in [4.78, 5) is 2.42. The molecule has 0 spiro atoms. The molecule has 1 saturated heterocycles. The molecule has 1 aliphatic heterocycles. The van der Waals surface area contributed by atoms with Crippen molar-refractivity contribution >= 4 is 12.2 Å². The molecule has 1 aliphatic rings. The van der Waals surface area contributed by atoms with Crippen LogP contribution >= 0.6 is 12.2 Å². The van der Waals surface area contributed by atoms with E-state index in [2.05, 4.69) is 10.00 Å². The Morgan fingerprint density at radius 3 is 3.16 bits per heavy atom. The molecule has 102 valence electrons. The van der Waals surface area contributed by atoms with E-state index in [1.165, 1.54) is 0 Å². The molecule has 1 fully saturated rings. The molecule has 2 aromatic heterocycles. The van der Waals surface area contributed by atoms with Gasteiger partial charge in [0, 0.05) is 13.1 Å². The maximum Gasteiger partial charge on any atom is 0.288 e. The monoisotopic (exact) mass is 281 g/mol. The van der Waals surface area contributed by atoms with Crippen LogP contribution in [-0.4, -0.2) is 39.0 Å². The van der Waals surface area contributed by atoms with Crippen LogP contribution in [0.15, 0.2) is 27.2 Å². The van der Waals surface area contributed by atoms with Gasteiger partial charge in [-0.1, -0.05) is 0 Å². The highest BCUT2D eigenvalue weighted by molar-refractivity contribution is 7.71. The first-order chi connectivity index (χ1) is 9.22. The minimum Gasteiger partial charge on any atom is -0.459 e. The van der Waals surface area contributed by atoms with Crippen LogP contribution in [0.3, 0.4) is 0 Å². The van der Waals surface area contributed by atoms with Crippen molar-refractivity contribution in [3.8, 4) is 11.7 Å². The number of β-amino-alcohol motifs (C(OH)–C–C–N with tert-alkyl or cyclic N) is 1. The van der Waals surface area contributed by atoms with E-state index in [-0.39, 0.29) is 6.10 Å². The maximum absolute atomic E-state index is 9.65. The van der Waals surface area contributed by atoms with E-state index in [0.717, 1.165) is 19.4 Å². The molecule has 1 N–H and O–H groups in total. The highest BCUT2D eigenvalue weighted by atomic mass is 32.1. The van der Waals surface area contributed by atoms with E-state index >= 15 is 0 Å². The maximum atomic E-state index is 9.65. The van der Waals surface area contributed by atoms with Gasteiger partial charge in [0.2, 0.25) is 0 Å². The third-order valence-corrected chi connectivity index (χ3v) is 3.45. The topological polar surface area (TPSA) is 67.6 Å². The average molecular weight is 281 g/mol. The Balaban J connectivity index is 1.76. The van der Waals surface area contributed by atoms with Crippen molar-refractivity contribution in [2.45, 2.75) is 25.6 Å². The molecule has 3 heterocycles. The van der Waals surface area contributed by atoms with Crippen molar-refractivity contribution in [1.82, 2.24) is 14.7 Å². The molecular formula is C12H15N3O3S. The van der Waals surface area contributed by atoms with Crippen LogP contribution in [0.25, 0.3) is 11.7 Å². The Morgan fingerprint density at radius 1 is 1.53 bits per heavy atom. The molecule has 6 nitrogen and oxygen atoms in total. The Labute approximate surface area is 115 Å². The van der Waals surface area contributed by atoms with E-state index in [1.807, 2.05) is 0 Å². The summed E-state index contributed by atoms with van der Waals surface area (Å²) in [7, 11) is 0. The quantitative estimate of drug-likeness (QED) is 0.866. The zero-order chi connectivity index (χ0) is 13.2. The van der Waals surface area contributed by atoms with Crippen LogP contribution in [0.1, 0.15) is 12.8 Å². The number of hydrogen-bond donors (Lipinski definition) is 1. The van der Waals surface area contributed by atoms with Gasteiger partial charge in [-0.2, -0.15) is 0 Å². The third-order valence-electron chi connectivity index (χ3n) is 3.15. The molecule has 1 atom stereocenters. The first-order valence-electron chi connectivity index (χ1n) is 6.24. The Hall–Kier alpha value is -1.44. The molecule has 0 bridgehead atoms. The number of furan rings is 1. The zero-order valence-corrected chi connectivity index (χ0v) is 11.2. The summed E-state index contributed by atoms with van der Waals surface area (Å²) in [6.45, 7) is 2.10. The number of rotatable bonds is 3. The zero-order valence-electron chi connectivity index (χ0n) is 10.4. The summed E-state index contributed by atoms with van der Waals surface area (Å²) in [6, 6.07) is 3.55. The van der Waals surface area contributed by atoms with Gasteiger partial charge >= 0.3 is 0 Å². The Kier molecular flexibility index (Phi) is 3.50. The van der Waals surface area contributed by atoms with E-state index in [4.69, 9.17) is 21.1 Å². The number of nitrogens with zero attached hydrogens (tertiary/aromatic N) is 3. The van der Waals surface area contributed by atoms with Gasteiger partial charge in [-0.25, -0.2) is 4.68 Å². The second-order valence-electron chi connectivity index (χ2n) is 4.66. The number of aliphatic hydroxyl groups excluding tert-OH is 1. The van der Waals surface area contributed by atoms with E-state index < -0.39 is 0 Å². The molecule has 0 radical (unpaired) electrons. The standard InChI is InChI=1S/C12H15N3O3S/c16-9-3-1-5-14(7-9)8-15-12(19)18-11(13-15)10-4-2-6-17-10/h2,4,6,9,16H,1,3,5,7-8H2/t9-/m1/s1. The summed E-state index contributed by atoms with van der Waals surface area (Å²) < 4.78 is 12.3. The lowest BCUT2D eigenvalue weighted by Crippen LogP contribution is -2.39. The van der Waals surface area contributed by atoms with Crippen LogP contribution in [0.5, 0.6) is 0 Å². The molecule has 0 amide bonds. The van der Waals surface area contributed by atoms with Crippen LogP contribution in [-0.2, 0) is 6.67 Å². The van der Waals surface area contributed by atoms with Gasteiger partial charge in [0.25, 0.3) is 10.7 Å². The lowest BCUT2D eigenvalue weighted by Gasteiger charge is -2.29. The summed E-state index contributed by atoms with van der Waals surface area (Å²) >= 11 is 5.15. The first-order valence-corrected chi connectivity index (χ1v) is 6.65. The van der Waals surface area contributed by atoms with Crippen LogP contribution in [0.4, 0.5) is 0 Å². The van der Waals surface area contributed by atoms with Crippen molar-refractivity contribution < 1.29 is 13.9 Å². The van der Waals surface area contributed by atoms with Gasteiger partial charge < -0.3 is 13.9 Å². The summed E-state index contributed by atoms with van der Waals surface area (Å²) in [5.74, 6) is 0.941. The molecular weight excluding hydrogens is 266 g/mol. The van der Waals surface area contributed by atoms with Crippen molar-refractivity contribution in [1.29, 1.82) is 0 Å². The smallest absolute Gasteiger partial charge is 0.288 e. The van der Waals surface area contributed by atoms with Crippen molar-refractivity contribution in [2.24, 2.45) is 0 Å². The number of likely N-dealkylation sites (tertiary alicyclic amines) is 1. The Morgan fingerprint density at radius 2 is 2.42 bits per heavy atom. The van der Waals surface area contributed by atoms with E-state index in [1.54, 1.807) is 23.1 Å². The lowest BCUT2D eigenvalue weighted by molar-refractivity contribution is 0.0509. The second kappa shape index (κ2) is 5.28. The molecule has 0 saturated carbocycles. The first kappa shape index (κ1) is 12.6. The van der Waals surface area contributed by atoms with Gasteiger partial charge in [-0.3, -0.25) is 4.90 Å². The molecule has 3 rings (SSSR count). The fourth-order valence-corrected chi connectivity index (χ4v) is 2.42. The number of aliphatic hydroxyl groups is 1. The lowest BCUT2D eigenvalue weighted by atomic mass is 10.1. The largest absolute Gasteiger partial charge is 0.459 e. The molecule has 7 heteroatoms. The van der Waals surface area contributed by atoms with Gasteiger partial charge in [0.15, 0.2) is 5.76 Å². The highest BCUT2D eigenvalue weighted by Crippen LogP contribution is 2.18. The van der Waals surface area contributed by atoms with Gasteiger partial charge in [-0.15, -0.1) is 5.10 Å². The van der Waals surface area contributed by atoms with E-state index in [9.17, 15) is 5.11 Å². The molecule has 19 heavy (non-hydrogen) atoms. The molecule has 2 aromatic rings. The van der Waals surface area contributed by atoms with Gasteiger partial charge in [0.1, 0.15) is 0 Å². The number of piperidine rings is 1. The van der Waals surface area contributed by atoms with Gasteiger partial charge in [-0.05, 0) is 37.2 Å². The second-order valence-corrected chi connectivity index (χ2v) is 5.01. The minimum atomic E-state index is -0.264.